The molecule has 0 radical (unpaired) electrons. The minimum absolute atomic E-state index is 0.00689. The maximum atomic E-state index is 13.5. The number of carbonyl (C=O) groups is 2. The van der Waals surface area contributed by atoms with Crippen molar-refractivity contribution in [2.75, 3.05) is 6.61 Å². The van der Waals surface area contributed by atoms with Crippen LogP contribution in [0, 0.1) is 5.82 Å². The van der Waals surface area contributed by atoms with Crippen molar-refractivity contribution in [2.45, 2.75) is 39.8 Å². The predicted octanol–water partition coefficient (Wildman–Crippen LogP) is 2.55. The molecule has 0 fully saturated rings. The minimum atomic E-state index is -1.43. The average molecular weight is 297 g/mol. The number of hydrogen-bond donors (Lipinski definition) is 1. The molecule has 21 heavy (non-hydrogen) atoms. The number of halogens is 1. The van der Waals surface area contributed by atoms with Crippen molar-refractivity contribution in [3.63, 3.8) is 0 Å². The summed E-state index contributed by atoms with van der Waals surface area (Å²) in [5.74, 6) is -2.75. The van der Waals surface area contributed by atoms with Gasteiger partial charge in [-0.1, -0.05) is 6.07 Å². The van der Waals surface area contributed by atoms with Gasteiger partial charge in [-0.25, -0.2) is 9.18 Å². The molecule has 1 rings (SSSR count). The number of carboxylic acids is 1. The molecule has 6 heteroatoms. The van der Waals surface area contributed by atoms with E-state index in [1.54, 1.807) is 4.90 Å². The third kappa shape index (κ3) is 4.18. The molecule has 0 aromatic heterocycles. The van der Waals surface area contributed by atoms with Crippen LogP contribution >= 0.6 is 0 Å². The van der Waals surface area contributed by atoms with Crippen LogP contribution in [0.4, 0.5) is 4.39 Å². The van der Waals surface area contributed by atoms with Gasteiger partial charge in [-0.15, -0.1) is 0 Å². The quantitative estimate of drug-likeness (QED) is 0.876. The first-order chi connectivity index (χ1) is 9.75. The summed E-state index contributed by atoms with van der Waals surface area (Å²) in [6.45, 7) is 7.18. The molecule has 0 unspecified atom stereocenters. The Bertz CT molecular complexity index is 520. The van der Waals surface area contributed by atoms with Crippen molar-refractivity contribution in [1.82, 2.24) is 4.90 Å². The summed E-state index contributed by atoms with van der Waals surface area (Å²) in [6.07, 6.45) is 0. The molecule has 1 amide bonds. The Kier molecular flexibility index (Phi) is 5.69. The normalized spacial score (nSPS) is 10.8. The third-order valence-electron chi connectivity index (χ3n) is 2.94. The zero-order valence-corrected chi connectivity index (χ0v) is 12.6. The molecule has 116 valence electrons. The summed E-state index contributed by atoms with van der Waals surface area (Å²) in [7, 11) is 0. The summed E-state index contributed by atoms with van der Waals surface area (Å²) in [4.78, 5) is 24.8. The number of carboxylic acid groups (broad SMARTS) is 1. The standard InChI is InChI=1S/C15H20FNO4/c1-9(2)17(10(3)4)13(18)8-21-12-7-5-6-11(16)14(12)15(19)20/h5-7,9-10H,8H2,1-4H3,(H,19,20). The van der Waals surface area contributed by atoms with E-state index in [-0.39, 0.29) is 30.3 Å². The fourth-order valence-electron chi connectivity index (χ4n) is 2.22. The number of ether oxygens (including phenoxy) is 1. The highest BCUT2D eigenvalue weighted by molar-refractivity contribution is 5.91. The maximum Gasteiger partial charge on any atom is 0.342 e. The number of rotatable bonds is 6. The Hall–Kier alpha value is -2.11. The first kappa shape index (κ1) is 16.9. The third-order valence-corrected chi connectivity index (χ3v) is 2.94. The van der Waals surface area contributed by atoms with Gasteiger partial charge in [0.1, 0.15) is 17.1 Å². The van der Waals surface area contributed by atoms with Gasteiger partial charge in [0.05, 0.1) is 0 Å². The van der Waals surface area contributed by atoms with Crippen molar-refractivity contribution in [3.8, 4) is 5.75 Å². The van der Waals surface area contributed by atoms with Crippen LogP contribution in [0.1, 0.15) is 38.1 Å². The fourth-order valence-corrected chi connectivity index (χ4v) is 2.22. The molecule has 0 aliphatic heterocycles. The van der Waals surface area contributed by atoms with Gasteiger partial charge in [0.15, 0.2) is 6.61 Å². The highest BCUT2D eigenvalue weighted by Crippen LogP contribution is 2.21. The van der Waals surface area contributed by atoms with Gasteiger partial charge in [0.2, 0.25) is 0 Å². The molecule has 0 aliphatic rings. The average Bonchev–Trinajstić information content (AvgIpc) is 2.34. The lowest BCUT2D eigenvalue weighted by molar-refractivity contribution is -0.137. The van der Waals surface area contributed by atoms with E-state index in [0.717, 1.165) is 6.07 Å². The minimum Gasteiger partial charge on any atom is -0.483 e. The van der Waals surface area contributed by atoms with Gasteiger partial charge in [0, 0.05) is 12.1 Å². The van der Waals surface area contributed by atoms with Gasteiger partial charge in [-0.3, -0.25) is 4.79 Å². The van der Waals surface area contributed by atoms with Crippen LogP contribution in [-0.2, 0) is 4.79 Å². The van der Waals surface area contributed by atoms with Crippen molar-refractivity contribution in [1.29, 1.82) is 0 Å². The van der Waals surface area contributed by atoms with E-state index in [2.05, 4.69) is 0 Å². The first-order valence-electron chi connectivity index (χ1n) is 6.71. The Labute approximate surface area is 123 Å². The molecule has 1 aromatic carbocycles. The lowest BCUT2D eigenvalue weighted by Crippen LogP contribution is -2.44. The summed E-state index contributed by atoms with van der Waals surface area (Å²) < 4.78 is 18.7. The topological polar surface area (TPSA) is 66.8 Å². The molecule has 1 aromatic rings. The molecule has 0 aliphatic carbocycles. The van der Waals surface area contributed by atoms with Crippen LogP contribution in [0.2, 0.25) is 0 Å². The van der Waals surface area contributed by atoms with E-state index in [4.69, 9.17) is 9.84 Å². The molecule has 0 saturated heterocycles. The number of aromatic carboxylic acids is 1. The van der Waals surface area contributed by atoms with E-state index in [1.165, 1.54) is 12.1 Å². The second-order valence-electron chi connectivity index (χ2n) is 5.20. The van der Waals surface area contributed by atoms with Crippen molar-refractivity contribution in [3.05, 3.63) is 29.6 Å². The zero-order valence-electron chi connectivity index (χ0n) is 12.6. The van der Waals surface area contributed by atoms with Crippen LogP contribution < -0.4 is 4.74 Å². The van der Waals surface area contributed by atoms with Gasteiger partial charge in [0.25, 0.3) is 5.91 Å². The second-order valence-corrected chi connectivity index (χ2v) is 5.20. The maximum absolute atomic E-state index is 13.5. The van der Waals surface area contributed by atoms with Crippen LogP contribution in [0.3, 0.4) is 0 Å². The fraction of sp³-hybridized carbons (Fsp3) is 0.467. The smallest absolute Gasteiger partial charge is 0.342 e. The molecule has 0 spiro atoms. The molecule has 0 bridgehead atoms. The highest BCUT2D eigenvalue weighted by atomic mass is 19.1. The van der Waals surface area contributed by atoms with Crippen molar-refractivity contribution >= 4 is 11.9 Å². The highest BCUT2D eigenvalue weighted by Gasteiger charge is 2.22. The van der Waals surface area contributed by atoms with Crippen LogP contribution in [-0.4, -0.2) is 40.6 Å². The number of amides is 1. The summed E-state index contributed by atoms with van der Waals surface area (Å²) in [5, 5.41) is 8.98. The Morgan fingerprint density at radius 1 is 1.24 bits per heavy atom. The molecular formula is C15H20FNO4. The number of benzene rings is 1. The molecule has 0 heterocycles. The zero-order chi connectivity index (χ0) is 16.2. The van der Waals surface area contributed by atoms with Crippen molar-refractivity contribution < 1.29 is 23.8 Å². The Morgan fingerprint density at radius 3 is 2.29 bits per heavy atom. The van der Waals surface area contributed by atoms with Crippen LogP contribution in [0.25, 0.3) is 0 Å². The summed E-state index contributed by atoms with van der Waals surface area (Å²) >= 11 is 0. The van der Waals surface area contributed by atoms with E-state index in [1.807, 2.05) is 27.7 Å². The number of carbonyl (C=O) groups excluding carboxylic acids is 1. The molecule has 0 saturated carbocycles. The SMILES string of the molecule is CC(C)N(C(=O)COc1cccc(F)c1C(=O)O)C(C)C. The number of nitrogens with zero attached hydrogens (tertiary/aromatic N) is 1. The van der Waals surface area contributed by atoms with E-state index >= 15 is 0 Å². The summed E-state index contributed by atoms with van der Waals surface area (Å²) in [5.41, 5.74) is -0.564. The molecule has 1 N–H and O–H groups in total. The van der Waals surface area contributed by atoms with Gasteiger partial charge in [-0.2, -0.15) is 0 Å². The van der Waals surface area contributed by atoms with Gasteiger partial charge in [-0.05, 0) is 39.8 Å². The van der Waals surface area contributed by atoms with E-state index < -0.39 is 17.3 Å². The van der Waals surface area contributed by atoms with Gasteiger partial charge >= 0.3 is 5.97 Å². The first-order valence-corrected chi connectivity index (χ1v) is 6.71. The summed E-state index contributed by atoms with van der Waals surface area (Å²) in [6, 6.07) is 3.69. The predicted molar refractivity (Wildman–Crippen MR) is 76.0 cm³/mol. The largest absolute Gasteiger partial charge is 0.483 e. The lowest BCUT2D eigenvalue weighted by atomic mass is 10.2. The lowest BCUT2D eigenvalue weighted by Gasteiger charge is -2.30. The second kappa shape index (κ2) is 7.06. The van der Waals surface area contributed by atoms with E-state index in [0.29, 0.717) is 0 Å². The number of hydrogen-bond acceptors (Lipinski definition) is 3. The monoisotopic (exact) mass is 297 g/mol. The molecule has 0 atom stereocenters. The van der Waals surface area contributed by atoms with Gasteiger partial charge < -0.3 is 14.7 Å². The van der Waals surface area contributed by atoms with Crippen LogP contribution in [0.15, 0.2) is 18.2 Å². The van der Waals surface area contributed by atoms with E-state index in [9.17, 15) is 14.0 Å². The Morgan fingerprint density at radius 2 is 1.81 bits per heavy atom. The Balaban J connectivity index is 2.87. The molecular weight excluding hydrogens is 277 g/mol. The molecule has 5 nitrogen and oxygen atoms in total. The van der Waals surface area contributed by atoms with Crippen LogP contribution in [0.5, 0.6) is 5.75 Å². The van der Waals surface area contributed by atoms with Crippen molar-refractivity contribution in [2.24, 2.45) is 0 Å².